The molecule has 3 aliphatic carbocycles. The van der Waals surface area contributed by atoms with Crippen LogP contribution < -0.4 is 0 Å². The number of carbonyl (C=O) groups excluding carboxylic acids is 1. The molecular weight excluding hydrogens is 271 g/mol. The minimum atomic E-state index is -0.223. The number of fused-ring (bicyclic) bond motifs is 3. The van der Waals surface area contributed by atoms with E-state index in [-0.39, 0.29) is 23.1 Å². The number of hydrogen-bond acceptors (Lipinski definition) is 2. The predicted octanol–water partition coefficient (Wildman–Crippen LogP) is 3.61. The summed E-state index contributed by atoms with van der Waals surface area (Å²) in [4.78, 5) is 11.6. The third kappa shape index (κ3) is 3.25. The minimum absolute atomic E-state index is 0.108. The van der Waals surface area contributed by atoms with E-state index < -0.39 is 0 Å². The van der Waals surface area contributed by atoms with Crippen LogP contribution in [0.25, 0.3) is 0 Å². The van der Waals surface area contributed by atoms with Crippen molar-refractivity contribution >= 4 is 13.6 Å². The molecule has 2 fully saturated rings. The van der Waals surface area contributed by atoms with Crippen molar-refractivity contribution in [3.8, 4) is 0 Å². The quantitative estimate of drug-likeness (QED) is 0.808. The number of ketones is 1. The Hall–Kier alpha value is -0.825. The molecule has 2 nitrogen and oxygen atoms in total. The van der Waals surface area contributed by atoms with Crippen LogP contribution >= 0.6 is 0 Å². The summed E-state index contributed by atoms with van der Waals surface area (Å²) in [5.41, 5.74) is 1.24. The van der Waals surface area contributed by atoms with Crippen LogP contribution in [-0.4, -0.2) is 24.8 Å². The fourth-order valence-corrected chi connectivity index (χ4v) is 4.84. The lowest BCUT2D eigenvalue weighted by atomic mass is 9.56. The second-order valence-corrected chi connectivity index (χ2v) is 8.22. The maximum Gasteiger partial charge on any atom is 0.178 e. The number of allylic oxidation sites excluding steroid dienone is 4. The lowest BCUT2D eigenvalue weighted by Crippen LogP contribution is -2.45. The van der Waals surface area contributed by atoms with Crippen molar-refractivity contribution in [1.82, 2.24) is 0 Å². The van der Waals surface area contributed by atoms with Crippen LogP contribution in [0.3, 0.4) is 0 Å². The Kier molecular flexibility index (Phi) is 4.37. The number of carbonyl (C=O) groups is 1. The van der Waals surface area contributed by atoms with E-state index in [1.807, 2.05) is 6.08 Å². The maximum atomic E-state index is 11.6. The summed E-state index contributed by atoms with van der Waals surface area (Å²) in [5.74, 6) is 1.93. The first-order valence-electron chi connectivity index (χ1n) is 8.75. The molecule has 0 amide bonds. The maximum absolute atomic E-state index is 11.6. The van der Waals surface area contributed by atoms with Crippen molar-refractivity contribution < 1.29 is 9.90 Å². The normalized spacial score (nSPS) is 38.2. The van der Waals surface area contributed by atoms with Gasteiger partial charge < -0.3 is 5.11 Å². The molecule has 3 aliphatic rings. The van der Waals surface area contributed by atoms with Crippen LogP contribution in [0.4, 0.5) is 0 Å². The van der Waals surface area contributed by atoms with Crippen LogP contribution in [0.1, 0.15) is 52.4 Å². The minimum Gasteiger partial charge on any atom is -0.393 e. The molecule has 0 saturated heterocycles. The fraction of sp³-hybridized carbons (Fsp3) is 0.737. The van der Waals surface area contributed by atoms with Gasteiger partial charge in [-0.1, -0.05) is 43.7 Å². The van der Waals surface area contributed by atoms with Gasteiger partial charge >= 0.3 is 0 Å². The Bertz CT molecular complexity index is 500. The highest BCUT2D eigenvalue weighted by molar-refractivity contribution is 6.14. The molecule has 0 spiro atoms. The van der Waals surface area contributed by atoms with Crippen molar-refractivity contribution in [2.45, 2.75) is 63.8 Å². The molecule has 0 heterocycles. The Balaban J connectivity index is 1.76. The third-order valence-corrected chi connectivity index (χ3v) is 5.94. The number of aliphatic hydroxyl groups is 1. The van der Waals surface area contributed by atoms with E-state index in [2.05, 4.69) is 13.8 Å². The molecule has 2 radical (unpaired) electrons. The van der Waals surface area contributed by atoms with Crippen molar-refractivity contribution in [1.29, 1.82) is 0 Å². The van der Waals surface area contributed by atoms with Gasteiger partial charge in [-0.25, -0.2) is 0 Å². The third-order valence-electron chi connectivity index (χ3n) is 5.94. The molecule has 5 atom stereocenters. The summed E-state index contributed by atoms with van der Waals surface area (Å²) in [7, 11) is 6.16. The van der Waals surface area contributed by atoms with E-state index in [0.29, 0.717) is 17.8 Å². The molecule has 0 aromatic carbocycles. The van der Waals surface area contributed by atoms with Crippen LogP contribution in [0.5, 0.6) is 0 Å². The summed E-state index contributed by atoms with van der Waals surface area (Å²) in [5, 5.41) is 10.5. The summed E-state index contributed by atoms with van der Waals surface area (Å²) in [6.07, 6.45) is 11.7. The second-order valence-electron chi connectivity index (χ2n) is 8.22. The summed E-state index contributed by atoms with van der Waals surface area (Å²) < 4.78 is 0. The molecule has 1 N–H and O–H groups in total. The van der Waals surface area contributed by atoms with E-state index in [1.54, 1.807) is 12.2 Å². The molecule has 0 aromatic heterocycles. The highest BCUT2D eigenvalue weighted by Gasteiger charge is 2.45. The van der Waals surface area contributed by atoms with Crippen molar-refractivity contribution in [3.05, 3.63) is 23.8 Å². The van der Waals surface area contributed by atoms with E-state index in [1.165, 1.54) is 5.57 Å². The smallest absolute Gasteiger partial charge is 0.178 e. The monoisotopic (exact) mass is 298 g/mol. The number of aliphatic hydroxyl groups excluding tert-OH is 1. The highest BCUT2D eigenvalue weighted by Crippen LogP contribution is 2.51. The van der Waals surface area contributed by atoms with Gasteiger partial charge in [0.25, 0.3) is 0 Å². The van der Waals surface area contributed by atoms with E-state index in [4.69, 9.17) is 7.85 Å². The molecule has 4 unspecified atom stereocenters. The molecule has 0 aromatic rings. The average Bonchev–Trinajstić information content (AvgIpc) is 2.45. The predicted molar refractivity (Wildman–Crippen MR) is 89.7 cm³/mol. The van der Waals surface area contributed by atoms with Gasteiger partial charge in [-0.2, -0.15) is 0 Å². The Labute approximate surface area is 135 Å². The SMILES string of the molecule is [B]C(C)(C)CCC1CC[C@H](O)C2C3C=CC(=O)C=C3CCC12. The molecular formula is C19H27BO2. The number of rotatable bonds is 3. The van der Waals surface area contributed by atoms with Crippen molar-refractivity contribution in [2.75, 3.05) is 0 Å². The van der Waals surface area contributed by atoms with Crippen LogP contribution in [-0.2, 0) is 4.79 Å². The molecule has 118 valence electrons. The molecule has 0 bridgehead atoms. The van der Waals surface area contributed by atoms with Gasteiger partial charge in [0.05, 0.1) is 14.0 Å². The molecule has 22 heavy (non-hydrogen) atoms. The van der Waals surface area contributed by atoms with E-state index in [9.17, 15) is 9.90 Å². The van der Waals surface area contributed by atoms with Crippen LogP contribution in [0, 0.1) is 23.7 Å². The zero-order chi connectivity index (χ0) is 15.9. The lowest BCUT2D eigenvalue weighted by Gasteiger charge is -2.49. The fourth-order valence-electron chi connectivity index (χ4n) is 4.84. The van der Waals surface area contributed by atoms with Crippen molar-refractivity contribution in [3.63, 3.8) is 0 Å². The van der Waals surface area contributed by atoms with Crippen LogP contribution in [0.15, 0.2) is 23.8 Å². The molecule has 2 saturated carbocycles. The van der Waals surface area contributed by atoms with Gasteiger partial charge in [-0.3, -0.25) is 4.79 Å². The van der Waals surface area contributed by atoms with E-state index in [0.717, 1.165) is 38.5 Å². The van der Waals surface area contributed by atoms with Gasteiger partial charge in [-0.05, 0) is 55.6 Å². The highest BCUT2D eigenvalue weighted by atomic mass is 16.3. The summed E-state index contributed by atoms with van der Waals surface area (Å²) in [6, 6.07) is 0. The first-order valence-corrected chi connectivity index (χ1v) is 8.75. The Morgan fingerprint density at radius 2 is 2.09 bits per heavy atom. The summed E-state index contributed by atoms with van der Waals surface area (Å²) >= 11 is 0. The van der Waals surface area contributed by atoms with Gasteiger partial charge in [0.1, 0.15) is 0 Å². The van der Waals surface area contributed by atoms with Gasteiger partial charge in [0.15, 0.2) is 5.78 Å². The topological polar surface area (TPSA) is 37.3 Å². The second kappa shape index (κ2) is 6.00. The first-order chi connectivity index (χ1) is 10.3. The Morgan fingerprint density at radius 3 is 2.82 bits per heavy atom. The number of hydrogen-bond donors (Lipinski definition) is 1. The van der Waals surface area contributed by atoms with Gasteiger partial charge in [0, 0.05) is 5.92 Å². The standard InChI is InChI=1S/C19H27BO2/c1-19(2,20)10-9-12-4-8-17(22)18-15(12)6-3-13-11-14(21)5-7-16(13)18/h5,7,11-12,15-18,22H,3-4,6,8-10H2,1-2H3/t12?,15?,16?,17-,18?/m0/s1. The van der Waals surface area contributed by atoms with Gasteiger partial charge in [0.2, 0.25) is 0 Å². The van der Waals surface area contributed by atoms with Gasteiger partial charge in [-0.15, -0.1) is 0 Å². The molecule has 0 aliphatic heterocycles. The first kappa shape index (κ1) is 16.0. The Morgan fingerprint density at radius 1 is 1.32 bits per heavy atom. The zero-order valence-corrected chi connectivity index (χ0v) is 13.8. The largest absolute Gasteiger partial charge is 0.393 e. The van der Waals surface area contributed by atoms with E-state index >= 15 is 0 Å². The molecule has 3 rings (SSSR count). The zero-order valence-electron chi connectivity index (χ0n) is 13.8. The molecule has 3 heteroatoms. The van der Waals surface area contributed by atoms with Crippen LogP contribution in [0.2, 0.25) is 5.31 Å². The lowest BCUT2D eigenvalue weighted by molar-refractivity contribution is -0.110. The average molecular weight is 298 g/mol. The van der Waals surface area contributed by atoms with Crippen molar-refractivity contribution in [2.24, 2.45) is 23.7 Å². The summed E-state index contributed by atoms with van der Waals surface area (Å²) in [6.45, 7) is 4.19.